The zero-order valence-electron chi connectivity index (χ0n) is 13.0. The van der Waals surface area contributed by atoms with Crippen LogP contribution in [0.4, 0.5) is 0 Å². The highest BCUT2D eigenvalue weighted by Gasteiger charge is 2.28. The van der Waals surface area contributed by atoms with Crippen molar-refractivity contribution in [2.45, 2.75) is 17.9 Å². The molecule has 1 aliphatic rings. The maximum Gasteiger partial charge on any atom is 0.244 e. The van der Waals surface area contributed by atoms with E-state index in [0.717, 1.165) is 17.4 Å². The van der Waals surface area contributed by atoms with Crippen LogP contribution < -0.4 is 5.32 Å². The van der Waals surface area contributed by atoms with Crippen LogP contribution in [0.25, 0.3) is 0 Å². The van der Waals surface area contributed by atoms with E-state index in [2.05, 4.69) is 10.3 Å². The molecule has 1 atom stereocenters. The molecule has 132 valence electrons. The topological polar surface area (TPSA) is 82.6 Å². The molecular weight excluding hydrogens is 363 g/mol. The summed E-state index contributed by atoms with van der Waals surface area (Å²) in [7, 11) is -2.27. The molecule has 0 spiro atoms. The van der Waals surface area contributed by atoms with Crippen molar-refractivity contribution >= 4 is 40.7 Å². The van der Waals surface area contributed by atoms with Gasteiger partial charge in [-0.25, -0.2) is 8.42 Å². The number of aromatic nitrogens is 1. The van der Waals surface area contributed by atoms with Gasteiger partial charge in [0.1, 0.15) is 4.90 Å². The molecule has 0 bridgehead atoms. The van der Waals surface area contributed by atoms with Crippen LogP contribution in [0.1, 0.15) is 6.92 Å². The van der Waals surface area contributed by atoms with Crippen LogP contribution in [0.2, 0.25) is 0 Å². The summed E-state index contributed by atoms with van der Waals surface area (Å²) in [5.74, 6) is -0.182. The van der Waals surface area contributed by atoms with Crippen LogP contribution in [-0.2, 0) is 14.8 Å². The quantitative estimate of drug-likeness (QED) is 0.810. The normalized spacial score (nSPS) is 18.0. The fraction of sp³-hybridized carbons (Fsp3) is 0.538. The number of piperazine rings is 1. The molecular formula is C13H22Cl2N4O3S. The van der Waals surface area contributed by atoms with Crippen molar-refractivity contribution < 1.29 is 13.2 Å². The highest BCUT2D eigenvalue weighted by atomic mass is 35.5. The third-order valence-corrected chi connectivity index (χ3v) is 5.31. The molecule has 1 amide bonds. The minimum atomic E-state index is -3.68. The molecule has 0 unspecified atom stereocenters. The van der Waals surface area contributed by atoms with E-state index in [1.54, 1.807) is 11.0 Å². The Morgan fingerprint density at radius 2 is 2.17 bits per heavy atom. The first-order chi connectivity index (χ1) is 9.93. The largest absolute Gasteiger partial charge is 0.336 e. The number of hydrogen-bond acceptors (Lipinski definition) is 5. The van der Waals surface area contributed by atoms with Crippen molar-refractivity contribution in [3.05, 3.63) is 24.5 Å². The van der Waals surface area contributed by atoms with Gasteiger partial charge in [-0.1, -0.05) is 0 Å². The van der Waals surface area contributed by atoms with Crippen molar-refractivity contribution in [3.8, 4) is 0 Å². The number of hydrogen-bond donors (Lipinski definition) is 1. The van der Waals surface area contributed by atoms with Gasteiger partial charge in [-0.05, 0) is 19.1 Å². The minimum absolute atomic E-state index is 0. The molecule has 1 fully saturated rings. The SMILES string of the molecule is C[C@H]1CNCCN1C(=O)CN(C)S(=O)(=O)c1cccnc1.Cl.Cl. The first kappa shape index (κ1) is 22.1. The lowest BCUT2D eigenvalue weighted by atomic mass is 10.2. The summed E-state index contributed by atoms with van der Waals surface area (Å²) in [5.41, 5.74) is 0. The van der Waals surface area contributed by atoms with Gasteiger partial charge in [-0.3, -0.25) is 9.78 Å². The number of carbonyl (C=O) groups excluding carboxylic acids is 1. The van der Waals surface area contributed by atoms with Gasteiger partial charge in [-0.15, -0.1) is 24.8 Å². The van der Waals surface area contributed by atoms with Gasteiger partial charge in [-0.2, -0.15) is 4.31 Å². The first-order valence-electron chi connectivity index (χ1n) is 6.79. The lowest BCUT2D eigenvalue weighted by Crippen LogP contribution is -2.54. The predicted molar refractivity (Wildman–Crippen MR) is 92.6 cm³/mol. The second-order valence-electron chi connectivity index (χ2n) is 5.09. The number of nitrogens with zero attached hydrogens (tertiary/aromatic N) is 3. The summed E-state index contributed by atoms with van der Waals surface area (Å²) in [4.78, 5) is 17.9. The van der Waals surface area contributed by atoms with Crippen LogP contribution in [0.15, 0.2) is 29.4 Å². The molecule has 1 aliphatic heterocycles. The van der Waals surface area contributed by atoms with Crippen LogP contribution in [-0.4, -0.2) is 67.8 Å². The second kappa shape index (κ2) is 9.39. The van der Waals surface area contributed by atoms with Gasteiger partial charge in [0, 0.05) is 45.1 Å². The molecule has 0 radical (unpaired) electrons. The molecule has 1 saturated heterocycles. The van der Waals surface area contributed by atoms with Gasteiger partial charge >= 0.3 is 0 Å². The Labute approximate surface area is 149 Å². The van der Waals surface area contributed by atoms with Gasteiger partial charge in [0.25, 0.3) is 0 Å². The van der Waals surface area contributed by atoms with E-state index in [0.29, 0.717) is 6.54 Å². The number of pyridine rings is 1. The van der Waals surface area contributed by atoms with Crippen LogP contribution in [0, 0.1) is 0 Å². The molecule has 23 heavy (non-hydrogen) atoms. The number of rotatable bonds is 4. The van der Waals surface area contributed by atoms with Crippen molar-refractivity contribution in [3.63, 3.8) is 0 Å². The van der Waals surface area contributed by atoms with E-state index in [1.165, 1.54) is 25.5 Å². The second-order valence-corrected chi connectivity index (χ2v) is 7.13. The van der Waals surface area contributed by atoms with Crippen LogP contribution in [0.5, 0.6) is 0 Å². The van der Waals surface area contributed by atoms with E-state index in [4.69, 9.17) is 0 Å². The highest BCUT2D eigenvalue weighted by molar-refractivity contribution is 7.89. The molecule has 1 aromatic rings. The number of sulfonamides is 1. The summed E-state index contributed by atoms with van der Waals surface area (Å²) in [6.45, 7) is 3.84. The Hall–Kier alpha value is -0.930. The molecule has 2 heterocycles. The third kappa shape index (κ3) is 5.29. The fourth-order valence-electron chi connectivity index (χ4n) is 2.26. The summed E-state index contributed by atoms with van der Waals surface area (Å²) >= 11 is 0. The molecule has 1 aromatic heterocycles. The summed E-state index contributed by atoms with van der Waals surface area (Å²) in [6, 6.07) is 3.10. The Morgan fingerprint density at radius 1 is 1.48 bits per heavy atom. The smallest absolute Gasteiger partial charge is 0.244 e. The van der Waals surface area contributed by atoms with Crippen molar-refractivity contribution in [1.82, 2.24) is 19.5 Å². The van der Waals surface area contributed by atoms with Crippen molar-refractivity contribution in [2.24, 2.45) is 0 Å². The number of amides is 1. The Bertz CT molecular complexity index is 600. The molecule has 0 aromatic carbocycles. The fourth-order valence-corrected chi connectivity index (χ4v) is 3.34. The van der Waals surface area contributed by atoms with Gasteiger partial charge in [0.05, 0.1) is 6.54 Å². The molecule has 10 heteroatoms. The molecule has 1 N–H and O–H groups in total. The minimum Gasteiger partial charge on any atom is -0.336 e. The van der Waals surface area contributed by atoms with Crippen molar-refractivity contribution in [1.29, 1.82) is 0 Å². The summed E-state index contributed by atoms with van der Waals surface area (Å²) in [6.07, 6.45) is 2.79. The van der Waals surface area contributed by atoms with E-state index in [1.807, 2.05) is 6.92 Å². The van der Waals surface area contributed by atoms with Crippen LogP contribution in [0.3, 0.4) is 0 Å². The average Bonchev–Trinajstić information content (AvgIpc) is 2.48. The van der Waals surface area contributed by atoms with E-state index in [9.17, 15) is 13.2 Å². The molecule has 7 nitrogen and oxygen atoms in total. The van der Waals surface area contributed by atoms with Gasteiger partial charge < -0.3 is 10.2 Å². The maximum atomic E-state index is 12.3. The van der Waals surface area contributed by atoms with E-state index >= 15 is 0 Å². The van der Waals surface area contributed by atoms with Gasteiger partial charge in [0.2, 0.25) is 15.9 Å². The number of nitrogens with one attached hydrogen (secondary N) is 1. The summed E-state index contributed by atoms with van der Waals surface area (Å²) < 4.78 is 25.7. The van der Waals surface area contributed by atoms with E-state index in [-0.39, 0.29) is 48.2 Å². The monoisotopic (exact) mass is 384 g/mol. The zero-order valence-corrected chi connectivity index (χ0v) is 15.5. The zero-order chi connectivity index (χ0) is 15.5. The number of halogens is 2. The summed E-state index contributed by atoms with van der Waals surface area (Å²) in [5, 5.41) is 3.19. The molecule has 0 saturated carbocycles. The lowest BCUT2D eigenvalue weighted by Gasteiger charge is -2.34. The molecule has 2 rings (SSSR count). The predicted octanol–water partition coefficient (Wildman–Crippen LogP) is 0.366. The number of likely N-dealkylation sites (N-methyl/N-ethyl adjacent to an activating group) is 1. The Balaban J connectivity index is 0.00000242. The average molecular weight is 385 g/mol. The van der Waals surface area contributed by atoms with Crippen molar-refractivity contribution in [2.75, 3.05) is 33.2 Å². The first-order valence-corrected chi connectivity index (χ1v) is 8.23. The highest BCUT2D eigenvalue weighted by Crippen LogP contribution is 2.13. The third-order valence-electron chi connectivity index (χ3n) is 3.52. The Morgan fingerprint density at radius 3 is 2.74 bits per heavy atom. The molecule has 0 aliphatic carbocycles. The number of carbonyl (C=O) groups is 1. The van der Waals surface area contributed by atoms with Gasteiger partial charge in [0.15, 0.2) is 0 Å². The maximum absolute atomic E-state index is 12.3. The lowest BCUT2D eigenvalue weighted by molar-refractivity contribution is -0.133. The standard InChI is InChI=1S/C13H20N4O3S.2ClH/c1-11-8-15-6-7-17(11)13(18)10-16(2)21(19,20)12-4-3-5-14-9-12;;/h3-5,9,11,15H,6-8,10H2,1-2H3;2*1H/t11-;;/m0../s1. The Kier molecular flexibility index (Phi) is 9.01. The van der Waals surface area contributed by atoms with Crippen LogP contribution >= 0.6 is 24.8 Å². The van der Waals surface area contributed by atoms with E-state index < -0.39 is 10.0 Å².